The number of hydrogen-bond acceptors (Lipinski definition) is 4. The van der Waals surface area contributed by atoms with Gasteiger partial charge in [-0.25, -0.2) is 4.99 Å². The minimum Gasteiger partial charge on any atom is -0.271 e. The van der Waals surface area contributed by atoms with Crippen LogP contribution in [0.15, 0.2) is 53.7 Å². The summed E-state index contributed by atoms with van der Waals surface area (Å²) in [6.45, 7) is 0. The number of nitrogens with zero attached hydrogens (tertiary/aromatic N) is 3. The Labute approximate surface area is 128 Å². The molecule has 0 unspecified atom stereocenters. The van der Waals surface area contributed by atoms with Crippen molar-refractivity contribution in [2.75, 3.05) is 6.26 Å². The smallest absolute Gasteiger partial charge is 0.183 e. The van der Waals surface area contributed by atoms with Crippen LogP contribution in [-0.2, 0) is 12.8 Å². The number of aromatic nitrogens is 1. The van der Waals surface area contributed by atoms with Crippen LogP contribution in [0.25, 0.3) is 0 Å². The molecule has 0 fully saturated rings. The number of aryl methyl sites for hydroxylation is 2. The highest BCUT2D eigenvalue weighted by Gasteiger charge is 1.99. The minimum atomic E-state index is 0.596. The van der Waals surface area contributed by atoms with Gasteiger partial charge in [0.05, 0.1) is 5.69 Å². The van der Waals surface area contributed by atoms with E-state index in [0.717, 1.165) is 24.2 Å². The van der Waals surface area contributed by atoms with Crippen LogP contribution in [0.5, 0.6) is 0 Å². The van der Waals surface area contributed by atoms with Gasteiger partial charge in [-0.3, -0.25) is 10.3 Å². The van der Waals surface area contributed by atoms with Crippen molar-refractivity contribution in [3.63, 3.8) is 0 Å². The first kappa shape index (κ1) is 15.1. The van der Waals surface area contributed by atoms with E-state index in [1.54, 1.807) is 0 Å². The van der Waals surface area contributed by atoms with Gasteiger partial charge in [0, 0.05) is 11.9 Å². The molecule has 0 bridgehead atoms. The molecule has 106 valence electrons. The number of hydrogen-bond donors (Lipinski definition) is 1. The summed E-state index contributed by atoms with van der Waals surface area (Å²) in [5.41, 5.74) is 3.18. The Morgan fingerprint density at radius 2 is 2.05 bits per heavy atom. The largest absolute Gasteiger partial charge is 0.271 e. The summed E-state index contributed by atoms with van der Waals surface area (Å²) in [5, 5.41) is 11.8. The standard InChI is InChI=1S/C16H16N4S/c1-21-16(19-12-17)20-15-9-6-13(7-10-15)5-8-14-4-2-3-11-18-14/h2-4,6-7,9-11H,5,8H2,1H3,(H,19,20). The van der Waals surface area contributed by atoms with Crippen LogP contribution >= 0.6 is 11.8 Å². The van der Waals surface area contributed by atoms with Gasteiger partial charge in [0.25, 0.3) is 0 Å². The van der Waals surface area contributed by atoms with Crippen molar-refractivity contribution < 1.29 is 0 Å². The number of thioether (sulfide) groups is 1. The zero-order valence-electron chi connectivity index (χ0n) is 11.8. The molecule has 0 radical (unpaired) electrons. The average Bonchev–Trinajstić information content (AvgIpc) is 2.54. The second-order valence-corrected chi connectivity index (χ2v) is 5.14. The quantitative estimate of drug-likeness (QED) is 0.407. The first-order valence-electron chi connectivity index (χ1n) is 6.58. The van der Waals surface area contributed by atoms with Crippen molar-refractivity contribution in [1.29, 1.82) is 5.26 Å². The van der Waals surface area contributed by atoms with E-state index in [0.29, 0.717) is 5.17 Å². The number of amidine groups is 1. The van der Waals surface area contributed by atoms with E-state index in [-0.39, 0.29) is 0 Å². The van der Waals surface area contributed by atoms with Crippen LogP contribution in [0.1, 0.15) is 11.3 Å². The zero-order valence-corrected chi connectivity index (χ0v) is 12.6. The van der Waals surface area contributed by atoms with E-state index < -0.39 is 0 Å². The first-order valence-corrected chi connectivity index (χ1v) is 7.81. The summed E-state index contributed by atoms with van der Waals surface area (Å²) in [7, 11) is 0. The lowest BCUT2D eigenvalue weighted by molar-refractivity contribution is 0.914. The Bertz CT molecular complexity index is 630. The van der Waals surface area contributed by atoms with E-state index >= 15 is 0 Å². The number of aliphatic imine (C=N–C) groups is 1. The molecule has 2 aromatic rings. The van der Waals surface area contributed by atoms with E-state index in [2.05, 4.69) is 27.4 Å². The summed E-state index contributed by atoms with van der Waals surface area (Å²) in [4.78, 5) is 8.68. The fourth-order valence-corrected chi connectivity index (χ4v) is 2.19. The minimum absolute atomic E-state index is 0.596. The fourth-order valence-electron chi connectivity index (χ4n) is 1.85. The Kier molecular flexibility index (Phi) is 5.80. The van der Waals surface area contributed by atoms with Gasteiger partial charge in [-0.2, -0.15) is 5.26 Å². The number of benzene rings is 1. The van der Waals surface area contributed by atoms with Crippen molar-refractivity contribution >= 4 is 22.6 Å². The van der Waals surface area contributed by atoms with Crippen LogP contribution in [-0.4, -0.2) is 16.4 Å². The van der Waals surface area contributed by atoms with Gasteiger partial charge in [0.15, 0.2) is 11.4 Å². The third-order valence-electron chi connectivity index (χ3n) is 2.92. The molecule has 4 nitrogen and oxygen atoms in total. The van der Waals surface area contributed by atoms with Gasteiger partial charge in [-0.1, -0.05) is 30.0 Å². The molecule has 2 rings (SSSR count). The van der Waals surface area contributed by atoms with Gasteiger partial charge in [-0.15, -0.1) is 0 Å². The van der Waals surface area contributed by atoms with Crippen molar-refractivity contribution in [2.45, 2.75) is 12.8 Å². The molecular weight excluding hydrogens is 280 g/mol. The average molecular weight is 296 g/mol. The van der Waals surface area contributed by atoms with Crippen molar-refractivity contribution in [1.82, 2.24) is 10.3 Å². The summed E-state index contributed by atoms with van der Waals surface area (Å²) in [5.74, 6) is 0. The number of rotatable bonds is 4. The van der Waals surface area contributed by atoms with Gasteiger partial charge < -0.3 is 0 Å². The van der Waals surface area contributed by atoms with Crippen LogP contribution in [0.3, 0.4) is 0 Å². The second kappa shape index (κ2) is 8.08. The molecule has 5 heteroatoms. The summed E-state index contributed by atoms with van der Waals surface area (Å²) < 4.78 is 0. The van der Waals surface area contributed by atoms with Crippen LogP contribution < -0.4 is 5.32 Å². The van der Waals surface area contributed by atoms with E-state index in [9.17, 15) is 0 Å². The third kappa shape index (κ3) is 4.93. The Morgan fingerprint density at radius 3 is 2.67 bits per heavy atom. The Hall–Kier alpha value is -2.32. The van der Waals surface area contributed by atoms with Crippen LogP contribution in [0, 0.1) is 11.5 Å². The molecular formula is C16H16N4S. The van der Waals surface area contributed by atoms with Gasteiger partial charge in [0.2, 0.25) is 0 Å². The predicted octanol–water partition coefficient (Wildman–Crippen LogP) is 3.29. The van der Waals surface area contributed by atoms with E-state index in [1.165, 1.54) is 17.3 Å². The molecule has 0 amide bonds. The van der Waals surface area contributed by atoms with Crippen LogP contribution in [0.4, 0.5) is 5.69 Å². The van der Waals surface area contributed by atoms with Gasteiger partial charge in [0.1, 0.15) is 0 Å². The molecule has 1 heterocycles. The summed E-state index contributed by atoms with van der Waals surface area (Å²) in [6, 6.07) is 14.0. The zero-order chi connectivity index (χ0) is 14.9. The first-order chi connectivity index (χ1) is 10.3. The molecule has 0 spiro atoms. The number of nitriles is 1. The third-order valence-corrected chi connectivity index (χ3v) is 3.50. The lowest BCUT2D eigenvalue weighted by atomic mass is 10.1. The number of pyridine rings is 1. The Morgan fingerprint density at radius 1 is 1.24 bits per heavy atom. The molecule has 0 saturated carbocycles. The molecule has 0 atom stereocenters. The molecule has 1 aromatic carbocycles. The maximum Gasteiger partial charge on any atom is 0.183 e. The predicted molar refractivity (Wildman–Crippen MR) is 87.4 cm³/mol. The van der Waals surface area contributed by atoms with Gasteiger partial charge in [-0.05, 0) is 48.9 Å². The highest BCUT2D eigenvalue weighted by Crippen LogP contribution is 2.16. The molecule has 1 N–H and O–H groups in total. The van der Waals surface area contributed by atoms with Crippen molar-refractivity contribution in [3.05, 3.63) is 59.9 Å². The van der Waals surface area contributed by atoms with Crippen molar-refractivity contribution in [2.24, 2.45) is 4.99 Å². The van der Waals surface area contributed by atoms with Crippen LogP contribution in [0.2, 0.25) is 0 Å². The lowest BCUT2D eigenvalue weighted by Gasteiger charge is -2.03. The Balaban J connectivity index is 1.97. The molecule has 1 aromatic heterocycles. The molecule has 0 saturated heterocycles. The molecule has 0 aliphatic heterocycles. The topological polar surface area (TPSA) is 61.1 Å². The fraction of sp³-hybridized carbons (Fsp3) is 0.188. The van der Waals surface area contributed by atoms with Gasteiger partial charge >= 0.3 is 0 Å². The van der Waals surface area contributed by atoms with E-state index in [4.69, 9.17) is 5.26 Å². The molecule has 0 aliphatic rings. The molecule has 0 aliphatic carbocycles. The summed E-state index contributed by atoms with van der Waals surface area (Å²) in [6.07, 6.45) is 7.46. The highest BCUT2D eigenvalue weighted by molar-refractivity contribution is 8.13. The molecule has 21 heavy (non-hydrogen) atoms. The second-order valence-electron chi connectivity index (χ2n) is 4.35. The monoisotopic (exact) mass is 296 g/mol. The maximum atomic E-state index is 8.61. The lowest BCUT2D eigenvalue weighted by Crippen LogP contribution is -2.12. The highest BCUT2D eigenvalue weighted by atomic mass is 32.2. The maximum absolute atomic E-state index is 8.61. The van der Waals surface area contributed by atoms with E-state index in [1.807, 2.05) is 49.0 Å². The summed E-state index contributed by atoms with van der Waals surface area (Å²) >= 11 is 1.41. The SMILES string of the molecule is CSC(=Nc1ccc(CCc2ccccn2)cc1)NC#N. The van der Waals surface area contributed by atoms with Crippen molar-refractivity contribution in [3.8, 4) is 6.19 Å². The normalized spacial score (nSPS) is 11.0. The number of nitrogens with one attached hydrogen (secondary N) is 1.